The monoisotopic (exact) mass is 729 g/mol. The minimum absolute atomic E-state index is 0.0449. The molecular weight excluding hydrogens is 690 g/mol. The maximum absolute atomic E-state index is 13.5. The van der Waals surface area contributed by atoms with Crippen molar-refractivity contribution < 1.29 is 23.9 Å². The summed E-state index contributed by atoms with van der Waals surface area (Å²) in [5.41, 5.74) is 3.22. The van der Waals surface area contributed by atoms with Gasteiger partial charge in [-0.1, -0.05) is 68.8 Å². The van der Waals surface area contributed by atoms with Gasteiger partial charge in [-0.2, -0.15) is 0 Å². The first-order valence-electron chi connectivity index (χ1n) is 16.4. The number of carbonyl (C=O) groups excluding carboxylic acids is 4. The summed E-state index contributed by atoms with van der Waals surface area (Å²) < 4.78 is 5.39. The van der Waals surface area contributed by atoms with Gasteiger partial charge in [0.15, 0.2) is 0 Å². The van der Waals surface area contributed by atoms with Crippen LogP contribution in [0.4, 0.5) is 10.7 Å². The maximum atomic E-state index is 13.5. The van der Waals surface area contributed by atoms with Crippen LogP contribution in [0.15, 0.2) is 89.5 Å². The van der Waals surface area contributed by atoms with Gasteiger partial charge >= 0.3 is 5.97 Å². The molecule has 3 aromatic carbocycles. The number of fused-ring (bicyclic) bond motifs is 1. The number of rotatable bonds is 11. The average molecular weight is 730 g/mol. The highest BCUT2D eigenvalue weighted by Crippen LogP contribution is 2.44. The van der Waals surface area contributed by atoms with Crippen molar-refractivity contribution in [2.45, 2.75) is 51.9 Å². The Bertz CT molecular complexity index is 1900. The Labute approximate surface area is 306 Å². The quantitative estimate of drug-likeness (QED) is 0.0808. The Hall–Kier alpha value is -4.38. The van der Waals surface area contributed by atoms with E-state index in [1.165, 1.54) is 23.1 Å². The second-order valence-electron chi connectivity index (χ2n) is 13.0. The van der Waals surface area contributed by atoms with Gasteiger partial charge in [0.1, 0.15) is 10.7 Å². The molecule has 0 aliphatic heterocycles. The Morgan fingerprint density at radius 1 is 0.980 bits per heavy atom. The molecule has 1 aliphatic rings. The van der Waals surface area contributed by atoms with Crippen molar-refractivity contribution in [2.24, 2.45) is 11.3 Å². The van der Waals surface area contributed by atoms with Crippen molar-refractivity contribution in [1.82, 2.24) is 5.32 Å². The van der Waals surface area contributed by atoms with Crippen molar-refractivity contribution in [3.63, 3.8) is 0 Å². The van der Waals surface area contributed by atoms with Crippen LogP contribution in [0.25, 0.3) is 6.08 Å². The van der Waals surface area contributed by atoms with Gasteiger partial charge in [-0.25, -0.2) is 4.79 Å². The number of esters is 1. The minimum atomic E-state index is -0.522. The van der Waals surface area contributed by atoms with E-state index in [0.29, 0.717) is 38.3 Å². The zero-order chi connectivity index (χ0) is 35.8. The Morgan fingerprint density at radius 2 is 1.72 bits per heavy atom. The molecule has 1 aromatic heterocycles. The number of thioether (sulfide) groups is 1. The van der Waals surface area contributed by atoms with E-state index >= 15 is 0 Å². The fourth-order valence-electron chi connectivity index (χ4n) is 5.67. The van der Waals surface area contributed by atoms with Gasteiger partial charge in [0.2, 0.25) is 5.91 Å². The number of benzene rings is 3. The fraction of sp³-hybridized carbons (Fsp3) is 0.282. The average Bonchev–Trinajstić information content (AvgIpc) is 3.45. The number of amides is 3. The van der Waals surface area contributed by atoms with Crippen molar-refractivity contribution >= 4 is 75.2 Å². The lowest BCUT2D eigenvalue weighted by molar-refractivity contribution is -0.114. The number of anilines is 2. The summed E-state index contributed by atoms with van der Waals surface area (Å²) in [5.74, 6) is -1.04. The molecule has 1 aliphatic carbocycles. The first kappa shape index (κ1) is 36.9. The third-order valence-corrected chi connectivity index (χ3v) is 10.8. The Morgan fingerprint density at radius 3 is 2.42 bits per heavy atom. The van der Waals surface area contributed by atoms with E-state index in [-0.39, 0.29) is 29.4 Å². The first-order chi connectivity index (χ1) is 23.9. The lowest BCUT2D eigenvalue weighted by Crippen LogP contribution is -2.30. The molecule has 260 valence electrons. The zero-order valence-corrected chi connectivity index (χ0v) is 30.8. The fourth-order valence-corrected chi connectivity index (χ4v) is 7.89. The maximum Gasteiger partial charge on any atom is 0.341 e. The van der Waals surface area contributed by atoms with E-state index in [1.54, 1.807) is 85.8 Å². The van der Waals surface area contributed by atoms with Crippen molar-refractivity contribution in [3.05, 3.63) is 117 Å². The lowest BCUT2D eigenvalue weighted by atomic mass is 9.72. The summed E-state index contributed by atoms with van der Waals surface area (Å²) in [4.78, 5) is 54.6. The molecule has 0 spiro atoms. The van der Waals surface area contributed by atoms with Crippen LogP contribution in [0.3, 0.4) is 0 Å². The largest absolute Gasteiger partial charge is 0.462 e. The topological polar surface area (TPSA) is 114 Å². The van der Waals surface area contributed by atoms with E-state index in [4.69, 9.17) is 16.3 Å². The van der Waals surface area contributed by atoms with Crippen molar-refractivity contribution in [2.75, 3.05) is 23.0 Å². The van der Waals surface area contributed by atoms with Crippen LogP contribution in [0, 0.1) is 11.3 Å². The Balaban J connectivity index is 1.27. The third kappa shape index (κ3) is 9.65. The summed E-state index contributed by atoms with van der Waals surface area (Å²) >= 11 is 8.81. The molecule has 3 N–H and O–H groups in total. The molecule has 11 heteroatoms. The van der Waals surface area contributed by atoms with Crippen molar-refractivity contribution in [3.8, 4) is 0 Å². The van der Waals surface area contributed by atoms with Gasteiger partial charge in [-0.3, -0.25) is 14.4 Å². The molecule has 0 bridgehead atoms. The van der Waals surface area contributed by atoms with E-state index in [0.717, 1.165) is 34.6 Å². The number of hydrogen-bond donors (Lipinski definition) is 3. The van der Waals surface area contributed by atoms with Crippen LogP contribution in [0.2, 0.25) is 5.02 Å². The van der Waals surface area contributed by atoms with Crippen molar-refractivity contribution in [1.29, 1.82) is 0 Å². The second kappa shape index (κ2) is 16.6. The van der Waals surface area contributed by atoms with Gasteiger partial charge in [-0.15, -0.1) is 23.1 Å². The highest BCUT2D eigenvalue weighted by Gasteiger charge is 2.34. The third-order valence-electron chi connectivity index (χ3n) is 8.39. The van der Waals surface area contributed by atoms with Crippen LogP contribution >= 0.6 is 34.7 Å². The number of thiophene rings is 1. The van der Waals surface area contributed by atoms with Gasteiger partial charge in [0.05, 0.1) is 17.9 Å². The van der Waals surface area contributed by atoms with Crippen LogP contribution in [0.1, 0.15) is 70.8 Å². The van der Waals surface area contributed by atoms with E-state index in [9.17, 15) is 19.2 Å². The smallest absolute Gasteiger partial charge is 0.341 e. The second-order valence-corrected chi connectivity index (χ2v) is 15.6. The summed E-state index contributed by atoms with van der Waals surface area (Å²) in [5, 5.41) is 9.66. The predicted octanol–water partition coefficient (Wildman–Crippen LogP) is 8.87. The summed E-state index contributed by atoms with van der Waals surface area (Å²) in [6.07, 6.45) is 4.20. The Kier molecular flexibility index (Phi) is 12.2. The van der Waals surface area contributed by atoms with Gasteiger partial charge in [-0.05, 0) is 97.2 Å². The van der Waals surface area contributed by atoms with Crippen LogP contribution < -0.4 is 16.0 Å². The van der Waals surface area contributed by atoms with E-state index in [1.807, 2.05) is 6.07 Å². The molecule has 1 unspecified atom stereocenters. The highest BCUT2D eigenvalue weighted by atomic mass is 35.5. The molecule has 0 saturated carbocycles. The number of hydrogen-bond acceptors (Lipinski definition) is 7. The highest BCUT2D eigenvalue weighted by molar-refractivity contribution is 8.00. The number of halogens is 1. The zero-order valence-electron chi connectivity index (χ0n) is 28.4. The molecule has 5 rings (SSSR count). The predicted molar refractivity (Wildman–Crippen MR) is 203 cm³/mol. The van der Waals surface area contributed by atoms with Crippen LogP contribution in [-0.2, 0) is 27.2 Å². The molecular formula is C39H40ClN3O5S2. The SMILES string of the molecule is CCOC(=O)c1c(NC(=O)CSc2cccc(NC(=O)/C(=C\c3ccc(Cl)cc3)NC(=O)c3ccccc3)c2)sc2c1CCC(C(C)(C)C)C2. The standard InChI is InChI=1S/C39H40ClN3O5S2/c1-5-48-38(47)34-30-19-16-26(39(2,3)4)21-32(30)50-37(34)43-33(44)23-49-29-13-9-12-28(22-29)41-36(46)31(20-24-14-17-27(40)18-15-24)42-35(45)25-10-7-6-8-11-25/h6-15,17-18,20,22,26H,5,16,19,21,23H2,1-4H3,(H,41,46)(H,42,45)(H,43,44)/b31-20+. The van der Waals surface area contributed by atoms with Gasteiger partial charge in [0, 0.05) is 26.0 Å². The molecule has 0 saturated heterocycles. The van der Waals surface area contributed by atoms with Gasteiger partial charge < -0.3 is 20.7 Å². The summed E-state index contributed by atoms with van der Waals surface area (Å²) in [6.45, 7) is 8.74. The molecule has 1 heterocycles. The van der Waals surface area contributed by atoms with Crippen LogP contribution in [0.5, 0.6) is 0 Å². The number of carbonyl (C=O) groups is 4. The normalized spacial score (nSPS) is 14.3. The summed E-state index contributed by atoms with van der Waals surface area (Å²) in [6, 6.07) is 22.6. The molecule has 1 atom stereocenters. The minimum Gasteiger partial charge on any atom is -0.462 e. The lowest BCUT2D eigenvalue weighted by Gasteiger charge is -2.33. The molecule has 4 aromatic rings. The molecule has 0 radical (unpaired) electrons. The van der Waals surface area contributed by atoms with E-state index < -0.39 is 17.8 Å². The molecule has 3 amide bonds. The molecule has 50 heavy (non-hydrogen) atoms. The van der Waals surface area contributed by atoms with Gasteiger partial charge in [0.25, 0.3) is 11.8 Å². The number of ether oxygens (including phenoxy) is 1. The molecule has 0 fully saturated rings. The molecule has 8 nitrogen and oxygen atoms in total. The number of nitrogens with one attached hydrogen (secondary N) is 3. The van der Waals surface area contributed by atoms with E-state index in [2.05, 4.69) is 36.7 Å². The first-order valence-corrected chi connectivity index (χ1v) is 18.6. The van der Waals surface area contributed by atoms with Crippen LogP contribution in [-0.4, -0.2) is 36.1 Å². The summed E-state index contributed by atoms with van der Waals surface area (Å²) in [7, 11) is 0.